The van der Waals surface area contributed by atoms with Gasteiger partial charge in [0.2, 0.25) is 5.95 Å². The fraction of sp³-hybridized carbons (Fsp3) is 0.514. The van der Waals surface area contributed by atoms with Crippen molar-refractivity contribution in [3.8, 4) is 17.0 Å². The number of benzene rings is 1. The molecule has 0 aliphatic carbocycles. The van der Waals surface area contributed by atoms with E-state index >= 15 is 4.39 Å². The van der Waals surface area contributed by atoms with Crippen molar-refractivity contribution >= 4 is 28.6 Å². The van der Waals surface area contributed by atoms with Crippen LogP contribution in [0, 0.1) is 18.2 Å². The third kappa shape index (κ3) is 6.73. The van der Waals surface area contributed by atoms with Gasteiger partial charge in [-0.1, -0.05) is 0 Å². The molecule has 0 bridgehead atoms. The summed E-state index contributed by atoms with van der Waals surface area (Å²) in [5, 5.41) is 13.7. The summed E-state index contributed by atoms with van der Waals surface area (Å²) in [4.78, 5) is 34.5. The number of hydrogen-bond donors (Lipinski definition) is 2. The van der Waals surface area contributed by atoms with E-state index in [1.165, 1.54) is 58.4 Å². The van der Waals surface area contributed by atoms with Gasteiger partial charge in [-0.15, -0.1) is 0 Å². The number of imidazole rings is 1. The molecular formula is C37H47FN8O3. The Bertz CT molecular complexity index is 1850. The number of anilines is 2. The second-order valence-electron chi connectivity index (χ2n) is 14.9. The van der Waals surface area contributed by atoms with Crippen molar-refractivity contribution in [2.45, 2.75) is 64.6 Å². The van der Waals surface area contributed by atoms with Crippen LogP contribution >= 0.6 is 0 Å². The van der Waals surface area contributed by atoms with Gasteiger partial charge in [0.1, 0.15) is 11.4 Å². The maximum Gasteiger partial charge on any atom is 0.261 e. The van der Waals surface area contributed by atoms with Crippen molar-refractivity contribution in [2.24, 2.45) is 5.41 Å². The summed E-state index contributed by atoms with van der Waals surface area (Å²) in [5.41, 5.74) is 2.61. The van der Waals surface area contributed by atoms with Crippen LogP contribution < -0.4 is 15.0 Å². The fourth-order valence-corrected chi connectivity index (χ4v) is 8.13. The highest BCUT2D eigenvalue weighted by molar-refractivity contribution is 6.05. The van der Waals surface area contributed by atoms with E-state index in [1.807, 2.05) is 10.6 Å². The number of halogens is 1. The van der Waals surface area contributed by atoms with Gasteiger partial charge in [-0.25, -0.2) is 14.4 Å². The Balaban J connectivity index is 1.11. The molecule has 49 heavy (non-hydrogen) atoms. The van der Waals surface area contributed by atoms with Crippen LogP contribution in [-0.4, -0.2) is 105 Å². The van der Waals surface area contributed by atoms with E-state index in [1.54, 1.807) is 33.0 Å². The number of aryl methyl sites for hydroxylation is 1. The second-order valence-corrected chi connectivity index (χ2v) is 14.9. The monoisotopic (exact) mass is 670 g/mol. The number of carbonyl (C=O) groups excluding carboxylic acids is 1. The van der Waals surface area contributed by atoms with Crippen molar-refractivity contribution in [3.05, 3.63) is 59.8 Å². The highest BCUT2D eigenvalue weighted by Gasteiger charge is 2.44. The van der Waals surface area contributed by atoms with Crippen LogP contribution in [-0.2, 0) is 6.54 Å². The predicted molar refractivity (Wildman–Crippen MR) is 189 cm³/mol. The summed E-state index contributed by atoms with van der Waals surface area (Å²) < 4.78 is 23.2. The van der Waals surface area contributed by atoms with Crippen LogP contribution in [0.25, 0.3) is 22.3 Å². The largest absolute Gasteiger partial charge is 0.496 e. The zero-order valence-electron chi connectivity index (χ0n) is 29.2. The lowest BCUT2D eigenvalue weighted by molar-refractivity contribution is -0.0419. The molecule has 260 valence electrons. The van der Waals surface area contributed by atoms with Gasteiger partial charge in [0.25, 0.3) is 5.91 Å². The third-order valence-corrected chi connectivity index (χ3v) is 10.5. The molecule has 3 aliphatic rings. The van der Waals surface area contributed by atoms with Crippen LogP contribution in [0.1, 0.15) is 55.6 Å². The molecule has 3 aromatic heterocycles. The third-order valence-electron chi connectivity index (χ3n) is 10.5. The summed E-state index contributed by atoms with van der Waals surface area (Å²) >= 11 is 0. The molecule has 1 aromatic carbocycles. The number of likely N-dealkylation sites (tertiary alicyclic amines) is 2. The van der Waals surface area contributed by atoms with Crippen LogP contribution in [0.4, 0.5) is 16.0 Å². The van der Waals surface area contributed by atoms with Gasteiger partial charge < -0.3 is 29.1 Å². The molecule has 3 fully saturated rings. The quantitative estimate of drug-likeness (QED) is 0.269. The van der Waals surface area contributed by atoms with Crippen molar-refractivity contribution in [1.29, 1.82) is 0 Å². The van der Waals surface area contributed by atoms with Gasteiger partial charge in [-0.05, 0) is 102 Å². The Labute approximate surface area is 287 Å². The topological polar surface area (TPSA) is 112 Å². The van der Waals surface area contributed by atoms with E-state index in [0.717, 1.165) is 37.1 Å². The summed E-state index contributed by atoms with van der Waals surface area (Å²) in [6.07, 6.45) is 7.88. The molecule has 0 radical (unpaired) electrons. The molecule has 6 heterocycles. The second kappa shape index (κ2) is 13.0. The van der Waals surface area contributed by atoms with Crippen LogP contribution in [0.15, 0.2) is 42.7 Å². The minimum atomic E-state index is -1.11. The average Bonchev–Trinajstić information content (AvgIpc) is 3.39. The summed E-state index contributed by atoms with van der Waals surface area (Å²) in [5.74, 6) is -0.834. The maximum atomic E-state index is 16.0. The lowest BCUT2D eigenvalue weighted by Gasteiger charge is -2.54. The van der Waals surface area contributed by atoms with E-state index in [0.29, 0.717) is 34.0 Å². The Kier molecular flexibility index (Phi) is 8.83. The van der Waals surface area contributed by atoms with Crippen molar-refractivity contribution in [3.63, 3.8) is 0 Å². The molecule has 11 nitrogen and oxygen atoms in total. The minimum Gasteiger partial charge on any atom is -0.496 e. The molecule has 0 saturated carbocycles. The maximum absolute atomic E-state index is 16.0. The Morgan fingerprint density at radius 1 is 1.10 bits per heavy atom. The number of amides is 1. The summed E-state index contributed by atoms with van der Waals surface area (Å²) in [6, 6.07) is 9.77. The number of pyridine rings is 2. The summed E-state index contributed by atoms with van der Waals surface area (Å²) in [6.45, 7) is 12.1. The number of fused-ring (bicyclic) bond motifs is 1. The Morgan fingerprint density at radius 3 is 2.51 bits per heavy atom. The zero-order chi connectivity index (χ0) is 34.5. The predicted octanol–water partition coefficient (Wildman–Crippen LogP) is 4.97. The Morgan fingerprint density at radius 2 is 1.84 bits per heavy atom. The first kappa shape index (κ1) is 33.4. The first-order valence-electron chi connectivity index (χ1n) is 17.3. The normalized spacial score (nSPS) is 19.0. The van der Waals surface area contributed by atoms with Gasteiger partial charge in [0.15, 0.2) is 5.82 Å². The molecule has 12 heteroatoms. The zero-order valence-corrected chi connectivity index (χ0v) is 29.2. The number of carbonyl (C=O) groups is 1. The standard InChI is InChI=1S/C37H47FN8O3/c1-24-18-27(32(38)33(40-24)28-20-39-13-8-31(28)49-5)34(47)42-35-41-29-7-6-26(19-30(29)46(35)21-36(2,3)48)44-14-9-25(10-15-44)45-16-11-37(12-17-45)22-43(4)23-37/h6-8,13,18-20,25,48H,9-12,14-17,21-23H2,1-5H3,(H,41,42,47). The first-order valence-corrected chi connectivity index (χ1v) is 17.3. The highest BCUT2D eigenvalue weighted by atomic mass is 19.1. The smallest absolute Gasteiger partial charge is 0.261 e. The number of methoxy groups -OCH3 is 1. The number of hydrogen-bond acceptors (Lipinski definition) is 9. The molecule has 7 rings (SSSR count). The van der Waals surface area contributed by atoms with E-state index in [2.05, 4.69) is 49.2 Å². The van der Waals surface area contributed by atoms with E-state index in [-0.39, 0.29) is 23.8 Å². The number of ether oxygens (including phenoxy) is 1. The van der Waals surface area contributed by atoms with Gasteiger partial charge in [-0.3, -0.25) is 15.1 Å². The lowest BCUT2D eigenvalue weighted by atomic mass is 9.72. The molecule has 3 aliphatic heterocycles. The molecule has 1 spiro atoms. The molecule has 3 saturated heterocycles. The van der Waals surface area contributed by atoms with Gasteiger partial charge >= 0.3 is 0 Å². The molecular weight excluding hydrogens is 623 g/mol. The van der Waals surface area contributed by atoms with E-state index in [9.17, 15) is 9.90 Å². The Hall–Kier alpha value is -4.13. The molecule has 1 amide bonds. The van der Waals surface area contributed by atoms with Gasteiger partial charge in [0.05, 0.1) is 41.4 Å². The number of aliphatic hydroxyl groups is 1. The number of piperidine rings is 2. The molecule has 4 aromatic rings. The average molecular weight is 671 g/mol. The number of aromatic nitrogens is 4. The van der Waals surface area contributed by atoms with Crippen LogP contribution in [0.2, 0.25) is 0 Å². The number of nitrogens with zero attached hydrogens (tertiary/aromatic N) is 7. The summed E-state index contributed by atoms with van der Waals surface area (Å²) in [7, 11) is 3.71. The lowest BCUT2D eigenvalue weighted by Crippen LogP contribution is -2.60. The van der Waals surface area contributed by atoms with Gasteiger partial charge in [-0.2, -0.15) is 0 Å². The van der Waals surface area contributed by atoms with Crippen LogP contribution in [0.5, 0.6) is 5.75 Å². The fourth-order valence-electron chi connectivity index (χ4n) is 8.13. The number of nitrogens with one attached hydrogen (secondary N) is 1. The van der Waals surface area contributed by atoms with Crippen molar-refractivity contribution < 1.29 is 19.0 Å². The number of rotatable bonds is 8. The van der Waals surface area contributed by atoms with Gasteiger partial charge in [0, 0.05) is 56.0 Å². The molecule has 0 unspecified atom stereocenters. The van der Waals surface area contributed by atoms with Crippen molar-refractivity contribution in [1.82, 2.24) is 29.3 Å². The van der Waals surface area contributed by atoms with E-state index in [4.69, 9.17) is 9.72 Å². The highest BCUT2D eigenvalue weighted by Crippen LogP contribution is 2.41. The van der Waals surface area contributed by atoms with E-state index < -0.39 is 17.3 Å². The first-order chi connectivity index (χ1) is 23.4. The van der Waals surface area contributed by atoms with Crippen molar-refractivity contribution in [2.75, 3.05) is 63.6 Å². The minimum absolute atomic E-state index is 0.0242. The molecule has 0 atom stereocenters. The van der Waals surface area contributed by atoms with Crippen LogP contribution in [0.3, 0.4) is 0 Å². The molecule has 2 N–H and O–H groups in total. The SMILES string of the molecule is COc1ccncc1-c1nc(C)cc(C(=O)Nc2nc3ccc(N4CCC(N5CCC6(CC5)CN(C)C6)CC4)cc3n2CC(C)(C)O)c1F.